The third kappa shape index (κ3) is 3.35. The van der Waals surface area contributed by atoms with E-state index in [0.29, 0.717) is 35.9 Å². The molecule has 3 atom stereocenters. The lowest BCUT2D eigenvalue weighted by Crippen LogP contribution is -2.65. The van der Waals surface area contributed by atoms with Crippen molar-refractivity contribution >= 4 is 27.5 Å². The summed E-state index contributed by atoms with van der Waals surface area (Å²) >= 11 is 6.19. The number of hydrogen-bond donors (Lipinski definition) is 2. The minimum atomic E-state index is -3.87. The number of benzene rings is 1. The number of rotatable bonds is 4. The average Bonchev–Trinajstić information content (AvgIpc) is 3.09. The van der Waals surface area contributed by atoms with Gasteiger partial charge in [-0.25, -0.2) is 8.42 Å². The van der Waals surface area contributed by atoms with Crippen molar-refractivity contribution < 1.29 is 18.3 Å². The molecule has 1 aromatic carbocycles. The summed E-state index contributed by atoms with van der Waals surface area (Å²) in [7, 11) is -3.87. The Morgan fingerprint density at radius 1 is 1.23 bits per heavy atom. The Bertz CT molecular complexity index is 1010. The molecule has 2 N–H and O–H groups in total. The zero-order valence-corrected chi connectivity index (χ0v) is 19.7. The fourth-order valence-corrected chi connectivity index (χ4v) is 9.35. The molecule has 1 aromatic rings. The van der Waals surface area contributed by atoms with E-state index in [0.717, 1.165) is 32.1 Å². The van der Waals surface area contributed by atoms with E-state index in [1.807, 2.05) is 0 Å². The van der Waals surface area contributed by atoms with Gasteiger partial charge in [0.2, 0.25) is 15.9 Å². The third-order valence-corrected chi connectivity index (χ3v) is 11.0. The predicted molar refractivity (Wildman–Crippen MR) is 118 cm³/mol. The van der Waals surface area contributed by atoms with Crippen molar-refractivity contribution in [2.45, 2.75) is 80.9 Å². The first-order valence-corrected chi connectivity index (χ1v) is 13.2. The summed E-state index contributed by atoms with van der Waals surface area (Å²) in [5.41, 5.74) is -1.18. The van der Waals surface area contributed by atoms with Crippen molar-refractivity contribution in [3.05, 3.63) is 28.8 Å². The number of nitrogens with one attached hydrogen (secondary N) is 1. The average molecular weight is 467 g/mol. The Morgan fingerprint density at radius 3 is 2.55 bits per heavy atom. The number of halogens is 1. The minimum Gasteiger partial charge on any atom is -0.390 e. The number of sulfonamides is 1. The van der Waals surface area contributed by atoms with Crippen molar-refractivity contribution in [1.29, 1.82) is 0 Å². The number of carbonyl (C=O) groups is 1. The molecular formula is C23H31ClN2O4S. The predicted octanol–water partition coefficient (Wildman–Crippen LogP) is 3.25. The van der Waals surface area contributed by atoms with E-state index in [1.54, 1.807) is 32.0 Å². The molecular weight excluding hydrogens is 436 g/mol. The molecule has 5 aliphatic rings. The van der Waals surface area contributed by atoms with Gasteiger partial charge in [0.05, 0.1) is 10.5 Å². The summed E-state index contributed by atoms with van der Waals surface area (Å²) in [6.07, 6.45) is 5.60. The molecule has 4 saturated carbocycles. The summed E-state index contributed by atoms with van der Waals surface area (Å²) < 4.78 is 28.5. The normalized spacial score (nSPS) is 39.7. The topological polar surface area (TPSA) is 86.7 Å². The monoisotopic (exact) mass is 466 g/mol. The van der Waals surface area contributed by atoms with Crippen LogP contribution in [0.4, 0.5) is 0 Å². The fourth-order valence-electron chi connectivity index (χ4n) is 7.06. The van der Waals surface area contributed by atoms with E-state index >= 15 is 0 Å². The van der Waals surface area contributed by atoms with Crippen molar-refractivity contribution in [2.75, 3.05) is 6.54 Å². The largest absolute Gasteiger partial charge is 0.390 e. The lowest BCUT2D eigenvalue weighted by molar-refractivity contribution is -0.150. The van der Waals surface area contributed by atoms with Crippen molar-refractivity contribution in [3.8, 4) is 0 Å². The van der Waals surface area contributed by atoms with E-state index < -0.39 is 21.2 Å². The van der Waals surface area contributed by atoms with Crippen LogP contribution in [0.2, 0.25) is 5.02 Å². The van der Waals surface area contributed by atoms with Crippen LogP contribution in [0.1, 0.15) is 57.4 Å². The molecule has 0 radical (unpaired) electrons. The minimum absolute atomic E-state index is 0.0270. The van der Waals surface area contributed by atoms with E-state index in [1.165, 1.54) is 4.31 Å². The van der Waals surface area contributed by atoms with Crippen molar-refractivity contribution in [1.82, 2.24) is 9.62 Å². The number of aliphatic hydroxyl groups is 1. The van der Waals surface area contributed by atoms with Gasteiger partial charge in [-0.2, -0.15) is 4.31 Å². The van der Waals surface area contributed by atoms with Crippen molar-refractivity contribution in [2.24, 2.45) is 17.8 Å². The summed E-state index contributed by atoms with van der Waals surface area (Å²) in [5.74, 6) is 0.911. The first-order chi connectivity index (χ1) is 14.5. The van der Waals surface area contributed by atoms with Gasteiger partial charge in [0, 0.05) is 17.6 Å². The Labute approximate surface area is 189 Å². The molecule has 0 spiro atoms. The lowest BCUT2D eigenvalue weighted by Gasteiger charge is -2.58. The van der Waals surface area contributed by atoms with Gasteiger partial charge in [-0.1, -0.05) is 17.7 Å². The fraction of sp³-hybridized carbons (Fsp3) is 0.696. The van der Waals surface area contributed by atoms with Crippen LogP contribution >= 0.6 is 11.6 Å². The number of hydrogen-bond acceptors (Lipinski definition) is 4. The maximum absolute atomic E-state index is 13.6. The van der Waals surface area contributed by atoms with E-state index in [2.05, 4.69) is 5.32 Å². The van der Waals surface area contributed by atoms with Gasteiger partial charge in [-0.3, -0.25) is 4.79 Å². The van der Waals surface area contributed by atoms with Gasteiger partial charge in [0.15, 0.2) is 0 Å². The highest BCUT2D eigenvalue weighted by atomic mass is 35.5. The third-order valence-electron chi connectivity index (χ3n) is 8.39. The molecule has 6 nitrogen and oxygen atoms in total. The number of amides is 1. The molecule has 1 saturated heterocycles. The second-order valence-electron chi connectivity index (χ2n) is 10.5. The van der Waals surface area contributed by atoms with E-state index in [4.69, 9.17) is 11.6 Å². The molecule has 31 heavy (non-hydrogen) atoms. The summed E-state index contributed by atoms with van der Waals surface area (Å²) in [6.45, 7) is 3.76. The molecule has 1 amide bonds. The highest BCUT2D eigenvalue weighted by molar-refractivity contribution is 7.89. The van der Waals surface area contributed by atoms with Crippen LogP contribution in [0.5, 0.6) is 0 Å². The molecule has 8 heteroatoms. The zero-order valence-electron chi connectivity index (χ0n) is 18.1. The summed E-state index contributed by atoms with van der Waals surface area (Å²) in [6, 6.07) is 4.89. The highest BCUT2D eigenvalue weighted by Gasteiger charge is 2.57. The van der Waals surface area contributed by atoms with Crippen LogP contribution in [0.25, 0.3) is 0 Å². The van der Waals surface area contributed by atoms with Gasteiger partial charge in [-0.15, -0.1) is 0 Å². The van der Waals surface area contributed by atoms with Gasteiger partial charge in [-0.05, 0) is 94.2 Å². The van der Waals surface area contributed by atoms with Gasteiger partial charge in [0.25, 0.3) is 0 Å². The zero-order chi connectivity index (χ0) is 22.2. The smallest absolute Gasteiger partial charge is 0.244 e. The SMILES string of the molecule is Cc1c(Cl)cccc1S(=O)(=O)N1CCC[C@]1(C)C(=O)NC1C2CC3CC1CC(O)(C3)C2. The first-order valence-electron chi connectivity index (χ1n) is 11.3. The first kappa shape index (κ1) is 21.7. The Hall–Kier alpha value is -1.15. The van der Waals surface area contributed by atoms with Crippen LogP contribution in [0, 0.1) is 24.7 Å². The quantitative estimate of drug-likeness (QED) is 0.713. The molecule has 0 aromatic heterocycles. The van der Waals surface area contributed by atoms with Crippen LogP contribution in [0.15, 0.2) is 23.1 Å². The molecule has 1 aliphatic heterocycles. The van der Waals surface area contributed by atoms with Crippen LogP contribution in [-0.2, 0) is 14.8 Å². The van der Waals surface area contributed by atoms with Crippen molar-refractivity contribution in [3.63, 3.8) is 0 Å². The molecule has 4 aliphatic carbocycles. The maximum atomic E-state index is 13.6. The van der Waals surface area contributed by atoms with Crippen LogP contribution in [-0.4, -0.2) is 47.5 Å². The van der Waals surface area contributed by atoms with Gasteiger partial charge >= 0.3 is 0 Å². The Balaban J connectivity index is 1.40. The van der Waals surface area contributed by atoms with Gasteiger partial charge in [0.1, 0.15) is 5.54 Å². The van der Waals surface area contributed by atoms with Gasteiger partial charge < -0.3 is 10.4 Å². The lowest BCUT2D eigenvalue weighted by atomic mass is 9.52. The molecule has 5 fully saturated rings. The second-order valence-corrected chi connectivity index (χ2v) is 12.7. The Morgan fingerprint density at radius 2 is 1.90 bits per heavy atom. The molecule has 1 heterocycles. The van der Waals surface area contributed by atoms with Crippen LogP contribution < -0.4 is 5.32 Å². The highest BCUT2D eigenvalue weighted by Crippen LogP contribution is 2.55. The summed E-state index contributed by atoms with van der Waals surface area (Å²) in [5, 5.41) is 14.5. The maximum Gasteiger partial charge on any atom is 0.244 e. The summed E-state index contributed by atoms with van der Waals surface area (Å²) in [4.78, 5) is 13.7. The molecule has 2 unspecified atom stereocenters. The second kappa shape index (κ2) is 7.17. The number of carbonyl (C=O) groups excluding carboxylic acids is 1. The van der Waals surface area contributed by atoms with E-state index in [-0.39, 0.29) is 28.7 Å². The molecule has 170 valence electrons. The number of nitrogens with zero attached hydrogens (tertiary/aromatic N) is 1. The van der Waals surface area contributed by atoms with E-state index in [9.17, 15) is 18.3 Å². The molecule has 6 rings (SSSR count). The standard InChI is InChI=1S/C23H31ClN2O4S/c1-14-18(24)5-3-6-19(14)31(29,30)26-8-4-7-22(26,2)21(27)25-20-16-9-15-10-17(20)13-23(28,11-15)12-16/h3,5-6,15-17,20,28H,4,7-13H2,1-2H3,(H,25,27)/t15?,16?,17?,20?,22-,23?/m1/s1. The molecule has 4 bridgehead atoms. The van der Waals surface area contributed by atoms with Crippen LogP contribution in [0.3, 0.4) is 0 Å². The Kier molecular flexibility index (Phi) is 5.02.